The molecule has 0 aliphatic carbocycles. The third-order valence-electron chi connectivity index (χ3n) is 4.75. The first-order chi connectivity index (χ1) is 14.1. The van der Waals surface area contributed by atoms with Gasteiger partial charge in [0.2, 0.25) is 5.88 Å². The third-order valence-corrected chi connectivity index (χ3v) is 4.75. The second-order valence-electron chi connectivity index (χ2n) is 8.10. The molecule has 2 atom stereocenters. The van der Waals surface area contributed by atoms with Crippen molar-refractivity contribution >= 4 is 28.9 Å². The lowest BCUT2D eigenvalue weighted by Crippen LogP contribution is -2.43. The molecule has 1 saturated heterocycles. The SMILES string of the molecule is C=Cc1cc2c(O[C@@H]3C[C@@H](C(=O)O)N(C(=O)OC(C)(C)C)C3)nccc2cc1OC. The molecule has 1 aromatic carbocycles. The highest BCUT2D eigenvalue weighted by Crippen LogP contribution is 2.33. The largest absolute Gasteiger partial charge is 0.496 e. The van der Waals surface area contributed by atoms with Crippen molar-refractivity contribution in [1.82, 2.24) is 9.88 Å². The summed E-state index contributed by atoms with van der Waals surface area (Å²) in [7, 11) is 1.59. The van der Waals surface area contributed by atoms with Gasteiger partial charge >= 0.3 is 12.1 Å². The summed E-state index contributed by atoms with van der Waals surface area (Å²) in [5.41, 5.74) is 0.0595. The number of carboxylic acids is 1. The minimum Gasteiger partial charge on any atom is -0.496 e. The van der Waals surface area contributed by atoms with Crippen LogP contribution in [0, 0.1) is 0 Å². The molecule has 1 aromatic heterocycles. The lowest BCUT2D eigenvalue weighted by molar-refractivity contribution is -0.142. The van der Waals surface area contributed by atoms with Gasteiger partial charge in [-0.25, -0.2) is 14.6 Å². The standard InChI is InChI=1S/C22H26N2O6/c1-6-13-9-16-14(10-18(13)28-5)7-8-23-19(16)29-15-11-17(20(25)26)24(12-15)21(27)30-22(2,3)4/h6-10,15,17H,1,11-12H2,2-5H3,(H,25,26)/t15-,17+/m1/s1. The zero-order valence-corrected chi connectivity index (χ0v) is 17.5. The highest BCUT2D eigenvalue weighted by molar-refractivity contribution is 5.90. The van der Waals surface area contributed by atoms with Crippen LogP contribution in [0.5, 0.6) is 11.6 Å². The van der Waals surface area contributed by atoms with E-state index in [9.17, 15) is 14.7 Å². The molecule has 1 aliphatic heterocycles. The van der Waals surface area contributed by atoms with E-state index >= 15 is 0 Å². The number of hydrogen-bond acceptors (Lipinski definition) is 6. The maximum atomic E-state index is 12.5. The van der Waals surface area contributed by atoms with E-state index in [1.54, 1.807) is 40.2 Å². The van der Waals surface area contributed by atoms with Crippen LogP contribution in [0.1, 0.15) is 32.8 Å². The summed E-state index contributed by atoms with van der Waals surface area (Å²) in [6, 6.07) is 4.53. The first-order valence-corrected chi connectivity index (χ1v) is 9.61. The number of nitrogens with zero attached hydrogens (tertiary/aromatic N) is 2. The molecule has 2 aromatic rings. The van der Waals surface area contributed by atoms with Crippen LogP contribution >= 0.6 is 0 Å². The van der Waals surface area contributed by atoms with Gasteiger partial charge in [-0.3, -0.25) is 4.90 Å². The number of carboxylic acid groups (broad SMARTS) is 1. The summed E-state index contributed by atoms with van der Waals surface area (Å²) in [4.78, 5) is 29.7. The van der Waals surface area contributed by atoms with Crippen molar-refractivity contribution in [1.29, 1.82) is 0 Å². The van der Waals surface area contributed by atoms with Gasteiger partial charge in [-0.05, 0) is 44.4 Å². The Morgan fingerprint density at radius 2 is 2.07 bits per heavy atom. The fourth-order valence-corrected chi connectivity index (χ4v) is 3.42. The minimum absolute atomic E-state index is 0.0917. The van der Waals surface area contributed by atoms with Gasteiger partial charge in [0.15, 0.2) is 0 Å². The van der Waals surface area contributed by atoms with E-state index in [1.807, 2.05) is 18.2 Å². The Morgan fingerprint density at radius 3 is 2.67 bits per heavy atom. The smallest absolute Gasteiger partial charge is 0.411 e. The maximum Gasteiger partial charge on any atom is 0.411 e. The number of carbonyl (C=O) groups excluding carboxylic acids is 1. The van der Waals surface area contributed by atoms with Gasteiger partial charge in [0.1, 0.15) is 23.5 Å². The second-order valence-corrected chi connectivity index (χ2v) is 8.10. The number of rotatable bonds is 5. The zero-order chi connectivity index (χ0) is 22.1. The second kappa shape index (κ2) is 8.22. The van der Waals surface area contributed by atoms with Gasteiger partial charge in [-0.1, -0.05) is 12.7 Å². The van der Waals surface area contributed by atoms with E-state index in [0.29, 0.717) is 11.6 Å². The Morgan fingerprint density at radius 1 is 1.33 bits per heavy atom. The monoisotopic (exact) mass is 414 g/mol. The first kappa shape index (κ1) is 21.4. The number of carbonyl (C=O) groups is 2. The van der Waals surface area contributed by atoms with E-state index in [1.165, 1.54) is 4.90 Å². The molecule has 1 amide bonds. The minimum atomic E-state index is -1.10. The average molecular weight is 414 g/mol. The molecule has 0 spiro atoms. The molecule has 0 saturated carbocycles. The van der Waals surface area contributed by atoms with E-state index < -0.39 is 29.8 Å². The Labute approximate surface area is 175 Å². The Bertz CT molecular complexity index is 981. The Hall–Kier alpha value is -3.29. The van der Waals surface area contributed by atoms with Crippen LogP contribution < -0.4 is 9.47 Å². The summed E-state index contributed by atoms with van der Waals surface area (Å²) in [5, 5.41) is 11.2. The van der Waals surface area contributed by atoms with Crippen LogP contribution in [0.3, 0.4) is 0 Å². The van der Waals surface area contributed by atoms with Gasteiger partial charge < -0.3 is 19.3 Å². The first-order valence-electron chi connectivity index (χ1n) is 9.61. The van der Waals surface area contributed by atoms with Gasteiger partial charge in [0.25, 0.3) is 0 Å². The molecule has 3 rings (SSSR count). The molecular weight excluding hydrogens is 388 g/mol. The molecular formula is C22H26N2O6. The lowest BCUT2D eigenvalue weighted by atomic mass is 10.1. The van der Waals surface area contributed by atoms with Gasteiger partial charge in [-0.15, -0.1) is 0 Å². The summed E-state index contributed by atoms with van der Waals surface area (Å²) in [6.07, 6.45) is 2.21. The molecule has 30 heavy (non-hydrogen) atoms. The molecule has 2 heterocycles. The van der Waals surface area contributed by atoms with E-state index in [4.69, 9.17) is 14.2 Å². The van der Waals surface area contributed by atoms with Crippen LogP contribution in [-0.2, 0) is 9.53 Å². The van der Waals surface area contributed by atoms with Crippen molar-refractivity contribution in [3.05, 3.63) is 36.5 Å². The van der Waals surface area contributed by atoms with Crippen molar-refractivity contribution in [2.75, 3.05) is 13.7 Å². The molecule has 8 nitrogen and oxygen atoms in total. The number of methoxy groups -OCH3 is 1. The van der Waals surface area contributed by atoms with Gasteiger partial charge in [0, 0.05) is 23.6 Å². The number of benzene rings is 1. The molecule has 1 aliphatic rings. The van der Waals surface area contributed by atoms with Crippen LogP contribution in [0.25, 0.3) is 16.8 Å². The molecule has 160 valence electrons. The zero-order valence-electron chi connectivity index (χ0n) is 17.5. The topological polar surface area (TPSA) is 98.2 Å². The van der Waals surface area contributed by atoms with Crippen LogP contribution in [0.15, 0.2) is 31.0 Å². The highest BCUT2D eigenvalue weighted by atomic mass is 16.6. The van der Waals surface area contributed by atoms with Crippen molar-refractivity contribution in [2.45, 2.75) is 44.9 Å². The summed E-state index contributed by atoms with van der Waals surface area (Å²) >= 11 is 0. The van der Waals surface area contributed by atoms with Crippen LogP contribution in [-0.4, -0.2) is 58.5 Å². The van der Waals surface area contributed by atoms with Crippen molar-refractivity contribution in [2.24, 2.45) is 0 Å². The molecule has 0 bridgehead atoms. The molecule has 1 fully saturated rings. The number of hydrogen-bond donors (Lipinski definition) is 1. The number of fused-ring (bicyclic) bond motifs is 1. The number of ether oxygens (including phenoxy) is 3. The number of pyridine rings is 1. The fourth-order valence-electron chi connectivity index (χ4n) is 3.42. The van der Waals surface area contributed by atoms with Crippen LogP contribution in [0.2, 0.25) is 0 Å². The Balaban J connectivity index is 1.87. The summed E-state index contributed by atoms with van der Waals surface area (Å²) in [6.45, 7) is 9.09. The van der Waals surface area contributed by atoms with Gasteiger partial charge in [0.05, 0.1) is 13.7 Å². The molecule has 0 unspecified atom stereocenters. The predicted octanol–water partition coefficient (Wildman–Crippen LogP) is 3.73. The number of likely N-dealkylation sites (tertiary alicyclic amines) is 1. The highest BCUT2D eigenvalue weighted by Gasteiger charge is 2.43. The third kappa shape index (κ3) is 4.48. The quantitative estimate of drug-likeness (QED) is 0.796. The summed E-state index contributed by atoms with van der Waals surface area (Å²) < 4.78 is 16.8. The maximum absolute atomic E-state index is 12.5. The number of aromatic nitrogens is 1. The van der Waals surface area contributed by atoms with Crippen LogP contribution in [0.4, 0.5) is 4.79 Å². The number of aliphatic carboxylic acids is 1. The normalized spacial score (nSPS) is 18.9. The van der Waals surface area contributed by atoms with Gasteiger partial charge in [-0.2, -0.15) is 0 Å². The molecule has 1 N–H and O–H groups in total. The molecule has 0 radical (unpaired) electrons. The average Bonchev–Trinajstić information content (AvgIpc) is 3.10. The van der Waals surface area contributed by atoms with E-state index in [0.717, 1.165) is 16.3 Å². The van der Waals surface area contributed by atoms with E-state index in [2.05, 4.69) is 11.6 Å². The predicted molar refractivity (Wildman–Crippen MR) is 112 cm³/mol. The summed E-state index contributed by atoms with van der Waals surface area (Å²) in [5.74, 6) is -0.0625. The fraction of sp³-hybridized carbons (Fsp3) is 0.409. The lowest BCUT2D eigenvalue weighted by Gasteiger charge is -2.26. The Kier molecular flexibility index (Phi) is 5.87. The van der Waals surface area contributed by atoms with Crippen molar-refractivity contribution in [3.63, 3.8) is 0 Å². The van der Waals surface area contributed by atoms with Crippen molar-refractivity contribution < 1.29 is 28.9 Å². The molecule has 8 heteroatoms. The van der Waals surface area contributed by atoms with E-state index in [-0.39, 0.29) is 13.0 Å². The number of amides is 1. The van der Waals surface area contributed by atoms with Crippen molar-refractivity contribution in [3.8, 4) is 11.6 Å².